The topological polar surface area (TPSA) is 83.0 Å². The summed E-state index contributed by atoms with van der Waals surface area (Å²) < 4.78 is 26.6. The zero-order valence-corrected chi connectivity index (χ0v) is 13.1. The second-order valence-electron chi connectivity index (χ2n) is 5.63. The lowest BCUT2D eigenvalue weighted by molar-refractivity contribution is -0.136. The van der Waals surface area contributed by atoms with Crippen LogP contribution in [0.2, 0.25) is 0 Å². The van der Waals surface area contributed by atoms with Crippen molar-refractivity contribution in [1.82, 2.24) is 9.97 Å². The van der Waals surface area contributed by atoms with Gasteiger partial charge in [0.25, 0.3) is 5.56 Å². The first kappa shape index (κ1) is 16.8. The van der Waals surface area contributed by atoms with Crippen LogP contribution in [0.1, 0.15) is 17.0 Å². The van der Waals surface area contributed by atoms with E-state index in [1.54, 1.807) is 18.2 Å². The molecule has 0 spiro atoms. The molecule has 0 saturated heterocycles. The Balaban J connectivity index is 1.91. The normalized spacial score (nSPS) is 11.0. The third-order valence-corrected chi connectivity index (χ3v) is 3.86. The summed E-state index contributed by atoms with van der Waals surface area (Å²) >= 11 is 0. The van der Waals surface area contributed by atoms with Crippen LogP contribution in [0, 0.1) is 11.6 Å². The van der Waals surface area contributed by atoms with Gasteiger partial charge in [0.2, 0.25) is 0 Å². The Morgan fingerprint density at radius 3 is 2.64 bits per heavy atom. The third kappa shape index (κ3) is 3.71. The molecule has 0 unspecified atom stereocenters. The quantitative estimate of drug-likeness (QED) is 0.745. The lowest BCUT2D eigenvalue weighted by Crippen LogP contribution is -2.15. The molecule has 3 aromatic rings. The highest BCUT2D eigenvalue weighted by Gasteiger charge is 2.12. The van der Waals surface area contributed by atoms with Crippen LogP contribution in [0.4, 0.5) is 8.78 Å². The number of carboxylic acids is 1. The molecular formula is C18H14F2N2O3. The number of carbonyl (C=O) groups is 1. The average molecular weight is 344 g/mol. The molecule has 1 heterocycles. The van der Waals surface area contributed by atoms with Crippen LogP contribution in [0.5, 0.6) is 0 Å². The van der Waals surface area contributed by atoms with E-state index < -0.39 is 23.2 Å². The van der Waals surface area contributed by atoms with Gasteiger partial charge in [-0.2, -0.15) is 0 Å². The van der Waals surface area contributed by atoms with E-state index in [4.69, 9.17) is 5.11 Å². The van der Waals surface area contributed by atoms with E-state index in [1.165, 1.54) is 12.1 Å². The summed E-state index contributed by atoms with van der Waals surface area (Å²) in [4.78, 5) is 30.2. The fourth-order valence-electron chi connectivity index (χ4n) is 2.71. The number of H-pyrrole nitrogens is 1. The van der Waals surface area contributed by atoms with Gasteiger partial charge in [-0.3, -0.25) is 9.59 Å². The Bertz CT molecular complexity index is 1010. The molecule has 25 heavy (non-hydrogen) atoms. The largest absolute Gasteiger partial charge is 0.481 e. The minimum atomic E-state index is -1.04. The number of benzene rings is 2. The summed E-state index contributed by atoms with van der Waals surface area (Å²) in [6.45, 7) is 0. The first-order chi connectivity index (χ1) is 11.9. The highest BCUT2D eigenvalue weighted by atomic mass is 19.1. The number of carboxylic acid groups (broad SMARTS) is 1. The Morgan fingerprint density at radius 1 is 1.12 bits per heavy atom. The second-order valence-corrected chi connectivity index (χ2v) is 5.63. The van der Waals surface area contributed by atoms with Crippen molar-refractivity contribution in [3.05, 3.63) is 75.3 Å². The molecule has 0 aliphatic rings. The van der Waals surface area contributed by atoms with Gasteiger partial charge in [-0.15, -0.1) is 0 Å². The number of nitrogens with one attached hydrogen (secondary N) is 1. The number of aliphatic carboxylic acids is 1. The summed E-state index contributed by atoms with van der Waals surface area (Å²) in [5, 5.41) is 9.17. The molecule has 3 rings (SSSR count). The molecule has 0 saturated carbocycles. The summed E-state index contributed by atoms with van der Waals surface area (Å²) in [6, 6.07) is 8.17. The number of fused-ring (bicyclic) bond motifs is 1. The fraction of sp³-hybridized carbons (Fsp3) is 0.167. The van der Waals surface area contributed by atoms with Crippen LogP contribution < -0.4 is 5.56 Å². The van der Waals surface area contributed by atoms with E-state index in [2.05, 4.69) is 9.97 Å². The van der Waals surface area contributed by atoms with Crippen LogP contribution in [0.3, 0.4) is 0 Å². The predicted octanol–water partition coefficient (Wildman–Crippen LogP) is 2.61. The van der Waals surface area contributed by atoms with Gasteiger partial charge in [0, 0.05) is 12.5 Å². The monoisotopic (exact) mass is 344 g/mol. The van der Waals surface area contributed by atoms with Crippen LogP contribution >= 0.6 is 0 Å². The van der Waals surface area contributed by atoms with Gasteiger partial charge >= 0.3 is 5.97 Å². The maximum absolute atomic E-state index is 13.7. The number of aryl methyl sites for hydroxylation is 2. The summed E-state index contributed by atoms with van der Waals surface area (Å²) in [5.41, 5.74) is 0.659. The maximum atomic E-state index is 13.7. The van der Waals surface area contributed by atoms with Crippen molar-refractivity contribution < 1.29 is 18.7 Å². The highest BCUT2D eigenvalue weighted by molar-refractivity contribution is 5.85. The number of aromatic nitrogens is 2. The SMILES string of the molecule is O=C(O)Cc1cccc2nc(CCc3ccc(F)cc3F)[nH]c(=O)c12. The van der Waals surface area contributed by atoms with E-state index >= 15 is 0 Å². The molecule has 128 valence electrons. The predicted molar refractivity (Wildman–Crippen MR) is 87.5 cm³/mol. The number of rotatable bonds is 5. The maximum Gasteiger partial charge on any atom is 0.307 e. The van der Waals surface area contributed by atoms with Crippen LogP contribution in [0.25, 0.3) is 10.9 Å². The van der Waals surface area contributed by atoms with Crippen molar-refractivity contribution in [2.45, 2.75) is 19.3 Å². The van der Waals surface area contributed by atoms with E-state index in [9.17, 15) is 18.4 Å². The summed E-state index contributed by atoms with van der Waals surface area (Å²) in [6.07, 6.45) is 0.231. The number of halogens is 2. The number of aromatic amines is 1. The molecule has 0 bridgehead atoms. The lowest BCUT2D eigenvalue weighted by atomic mass is 10.1. The molecule has 0 aliphatic heterocycles. The standard InChI is InChI=1S/C18H14F2N2O3/c19-12-6-4-10(13(20)9-12)5-7-15-21-14-3-1-2-11(8-16(23)24)17(14)18(25)22-15/h1-4,6,9H,5,7-8H2,(H,23,24)(H,21,22,25). The Kier molecular flexibility index (Phi) is 4.56. The van der Waals surface area contributed by atoms with E-state index in [-0.39, 0.29) is 24.6 Å². The first-order valence-electron chi connectivity index (χ1n) is 7.60. The molecule has 2 N–H and O–H groups in total. The molecule has 0 aliphatic carbocycles. The smallest absolute Gasteiger partial charge is 0.307 e. The van der Waals surface area contributed by atoms with Gasteiger partial charge in [-0.25, -0.2) is 13.8 Å². The van der Waals surface area contributed by atoms with Crippen molar-refractivity contribution in [3.63, 3.8) is 0 Å². The van der Waals surface area contributed by atoms with Crippen LogP contribution in [0.15, 0.2) is 41.2 Å². The molecule has 2 aromatic carbocycles. The molecule has 0 atom stereocenters. The van der Waals surface area contributed by atoms with E-state index in [1.807, 2.05) is 0 Å². The van der Waals surface area contributed by atoms with Gasteiger partial charge in [0.1, 0.15) is 17.5 Å². The van der Waals surface area contributed by atoms with Crippen molar-refractivity contribution >= 4 is 16.9 Å². The zero-order valence-electron chi connectivity index (χ0n) is 13.1. The van der Waals surface area contributed by atoms with Gasteiger partial charge < -0.3 is 10.1 Å². The van der Waals surface area contributed by atoms with E-state index in [0.717, 1.165) is 6.07 Å². The lowest BCUT2D eigenvalue weighted by Gasteiger charge is -2.07. The number of hydrogen-bond acceptors (Lipinski definition) is 3. The first-order valence-corrected chi connectivity index (χ1v) is 7.60. The summed E-state index contributed by atoms with van der Waals surface area (Å²) in [5.74, 6) is -1.98. The van der Waals surface area contributed by atoms with Crippen molar-refractivity contribution in [1.29, 1.82) is 0 Å². The Labute approximate surface area is 141 Å². The Hall–Kier alpha value is -3.09. The van der Waals surface area contributed by atoms with Gasteiger partial charge in [-0.05, 0) is 29.7 Å². The summed E-state index contributed by atoms with van der Waals surface area (Å²) in [7, 11) is 0. The third-order valence-electron chi connectivity index (χ3n) is 3.86. The molecule has 0 amide bonds. The van der Waals surface area contributed by atoms with Gasteiger partial charge in [-0.1, -0.05) is 18.2 Å². The Morgan fingerprint density at radius 2 is 1.92 bits per heavy atom. The molecular weight excluding hydrogens is 330 g/mol. The minimum absolute atomic E-state index is 0.238. The highest BCUT2D eigenvalue weighted by Crippen LogP contribution is 2.15. The fourth-order valence-corrected chi connectivity index (χ4v) is 2.71. The van der Waals surface area contributed by atoms with Crippen molar-refractivity contribution in [2.75, 3.05) is 0 Å². The molecule has 0 radical (unpaired) electrons. The second kappa shape index (κ2) is 6.80. The van der Waals surface area contributed by atoms with E-state index in [0.29, 0.717) is 22.5 Å². The number of hydrogen-bond donors (Lipinski definition) is 2. The molecule has 7 heteroatoms. The van der Waals surface area contributed by atoms with Crippen LogP contribution in [-0.2, 0) is 24.1 Å². The molecule has 5 nitrogen and oxygen atoms in total. The van der Waals surface area contributed by atoms with Gasteiger partial charge in [0.05, 0.1) is 17.3 Å². The number of nitrogens with zero attached hydrogens (tertiary/aromatic N) is 1. The van der Waals surface area contributed by atoms with Crippen molar-refractivity contribution in [3.8, 4) is 0 Å². The zero-order chi connectivity index (χ0) is 18.0. The molecule has 0 fully saturated rings. The van der Waals surface area contributed by atoms with Crippen LogP contribution in [-0.4, -0.2) is 21.0 Å². The van der Waals surface area contributed by atoms with Gasteiger partial charge in [0.15, 0.2) is 0 Å². The molecule has 1 aromatic heterocycles. The van der Waals surface area contributed by atoms with Crippen molar-refractivity contribution in [2.24, 2.45) is 0 Å². The minimum Gasteiger partial charge on any atom is -0.481 e. The average Bonchev–Trinajstić information content (AvgIpc) is 2.53.